The molecule has 0 fully saturated rings. The fourth-order valence-corrected chi connectivity index (χ4v) is 2.94. The van der Waals surface area contributed by atoms with E-state index in [0.717, 1.165) is 0 Å². The summed E-state index contributed by atoms with van der Waals surface area (Å²) in [5.41, 5.74) is 24.4. The predicted octanol–water partition coefficient (Wildman–Crippen LogP) is -5.39. The van der Waals surface area contributed by atoms with E-state index in [4.69, 9.17) is 22.9 Å². The molecule has 20 nitrogen and oxygen atoms in total. The molecule has 214 valence electrons. The maximum atomic E-state index is 12.1. The number of amides is 4. The van der Waals surface area contributed by atoms with Crippen molar-refractivity contribution < 1.29 is 58.8 Å². The smallest absolute Gasteiger partial charge is 0.324 e. The van der Waals surface area contributed by atoms with Gasteiger partial charge in [0.25, 0.3) is 0 Å². The van der Waals surface area contributed by atoms with E-state index in [2.05, 4.69) is 10.9 Å². The normalized spacial score (nSPS) is 14.3. The Balaban J connectivity index is 7.03. The van der Waals surface area contributed by atoms with Crippen LogP contribution in [-0.2, 0) is 38.4 Å². The van der Waals surface area contributed by atoms with Crippen LogP contribution in [-0.4, -0.2) is 102 Å². The van der Waals surface area contributed by atoms with Gasteiger partial charge in [0.1, 0.15) is 24.2 Å². The van der Waals surface area contributed by atoms with Crippen LogP contribution in [0.25, 0.3) is 0 Å². The van der Waals surface area contributed by atoms with Gasteiger partial charge in [-0.15, -0.1) is 10.2 Å². The Labute approximate surface area is 213 Å². The third-order valence-corrected chi connectivity index (χ3v) is 4.71. The molecule has 4 amide bonds. The first kappa shape index (κ1) is 33.6. The van der Waals surface area contributed by atoms with Crippen molar-refractivity contribution in [1.82, 2.24) is 21.1 Å². The van der Waals surface area contributed by atoms with Gasteiger partial charge in [-0.25, -0.2) is 10.9 Å². The molecule has 4 atom stereocenters. The number of rotatable bonds is 21. The lowest BCUT2D eigenvalue weighted by Gasteiger charge is -2.43. The molecule has 0 rings (SSSR count). The third-order valence-electron chi connectivity index (χ3n) is 4.71. The lowest BCUT2D eigenvalue weighted by Crippen LogP contribution is -2.71. The van der Waals surface area contributed by atoms with E-state index in [0.29, 0.717) is 0 Å². The average molecular weight is 550 g/mol. The molecule has 0 heterocycles. The summed E-state index contributed by atoms with van der Waals surface area (Å²) in [5.74, 6) is -11.6. The minimum Gasteiger partial charge on any atom is -0.480 e. The van der Waals surface area contributed by atoms with Crippen molar-refractivity contribution in [2.24, 2.45) is 22.9 Å². The number of carbonyl (C=O) groups excluding carboxylic acids is 4. The second kappa shape index (κ2) is 15.7. The molecule has 0 aromatic heterocycles. The summed E-state index contributed by atoms with van der Waals surface area (Å²) in [6, 6.07) is -8.16. The summed E-state index contributed by atoms with van der Waals surface area (Å²) in [6.45, 7) is 0. The maximum Gasteiger partial charge on any atom is 0.324 e. The van der Waals surface area contributed by atoms with Crippen molar-refractivity contribution in [2.75, 3.05) is 0 Å². The van der Waals surface area contributed by atoms with Gasteiger partial charge in [-0.1, -0.05) is 0 Å². The molecule has 20 heteroatoms. The molecule has 0 saturated carbocycles. The number of carboxylic acids is 4. The van der Waals surface area contributed by atoms with Crippen molar-refractivity contribution in [3.8, 4) is 0 Å². The fourth-order valence-electron chi connectivity index (χ4n) is 2.94. The molecule has 14 N–H and O–H groups in total. The quantitative estimate of drug-likeness (QED) is 0.0596. The van der Waals surface area contributed by atoms with Crippen molar-refractivity contribution in [3.05, 3.63) is 0 Å². The van der Waals surface area contributed by atoms with E-state index in [-0.39, 0.29) is 10.2 Å². The van der Waals surface area contributed by atoms with Gasteiger partial charge in [0, 0.05) is 12.8 Å². The van der Waals surface area contributed by atoms with E-state index >= 15 is 0 Å². The van der Waals surface area contributed by atoms with E-state index in [1.54, 1.807) is 0 Å². The number of nitrogens with two attached hydrogens (primary N) is 4. The summed E-state index contributed by atoms with van der Waals surface area (Å²) in [6.07, 6.45) is -4.55. The number of hydrogen-bond acceptors (Lipinski definition) is 12. The molecule has 0 radical (unpaired) electrons. The van der Waals surface area contributed by atoms with Crippen LogP contribution >= 0.6 is 0 Å². The Morgan fingerprint density at radius 3 is 1.29 bits per heavy atom. The maximum absolute atomic E-state index is 12.1. The molecular weight excluding hydrogens is 520 g/mol. The predicted molar refractivity (Wildman–Crippen MR) is 120 cm³/mol. The van der Waals surface area contributed by atoms with E-state index in [1.807, 2.05) is 0 Å². The summed E-state index contributed by atoms with van der Waals surface area (Å²) in [4.78, 5) is 93.3. The Bertz CT molecular complexity index is 944. The van der Waals surface area contributed by atoms with Gasteiger partial charge in [-0.3, -0.25) is 38.4 Å². The van der Waals surface area contributed by atoms with Crippen LogP contribution in [0.5, 0.6) is 0 Å². The summed E-state index contributed by atoms with van der Waals surface area (Å²) >= 11 is 0. The van der Waals surface area contributed by atoms with E-state index < -0.39 is 110 Å². The number of primary amides is 4. The van der Waals surface area contributed by atoms with Crippen LogP contribution in [0.2, 0.25) is 0 Å². The summed E-state index contributed by atoms with van der Waals surface area (Å²) < 4.78 is 0. The number of nitrogens with one attached hydrogen (secondary N) is 2. The molecule has 0 aromatic carbocycles. The highest BCUT2D eigenvalue weighted by molar-refractivity contribution is 5.84. The Kier molecular flexibility index (Phi) is 13.8. The van der Waals surface area contributed by atoms with Crippen LogP contribution in [0, 0.1) is 0 Å². The molecular formula is C18H30N8O12. The van der Waals surface area contributed by atoms with Gasteiger partial charge in [-0.05, 0) is 12.8 Å². The zero-order chi connectivity index (χ0) is 29.7. The minimum absolute atomic E-state index is 0.254. The molecule has 0 aromatic rings. The van der Waals surface area contributed by atoms with Crippen molar-refractivity contribution in [1.29, 1.82) is 0 Å². The highest BCUT2D eigenvalue weighted by atomic mass is 16.4. The van der Waals surface area contributed by atoms with Crippen LogP contribution in [0.1, 0.15) is 38.5 Å². The third kappa shape index (κ3) is 12.0. The van der Waals surface area contributed by atoms with Crippen molar-refractivity contribution in [3.63, 3.8) is 0 Å². The topological polar surface area (TPSA) is 352 Å². The minimum atomic E-state index is -2.20. The average Bonchev–Trinajstić information content (AvgIpc) is 2.75. The number of nitrogens with zero attached hydrogens (tertiary/aromatic N) is 2. The first-order valence-corrected chi connectivity index (χ1v) is 10.6. The van der Waals surface area contributed by atoms with Crippen LogP contribution in [0.15, 0.2) is 0 Å². The van der Waals surface area contributed by atoms with Gasteiger partial charge < -0.3 is 43.4 Å². The van der Waals surface area contributed by atoms with E-state index in [1.165, 1.54) is 0 Å². The van der Waals surface area contributed by atoms with Crippen LogP contribution in [0.4, 0.5) is 0 Å². The molecule has 38 heavy (non-hydrogen) atoms. The van der Waals surface area contributed by atoms with Gasteiger partial charge >= 0.3 is 23.9 Å². The van der Waals surface area contributed by atoms with Gasteiger partial charge in [0.05, 0.1) is 12.8 Å². The first-order valence-electron chi connectivity index (χ1n) is 10.6. The zero-order valence-electron chi connectivity index (χ0n) is 19.8. The number of aliphatic carboxylic acids is 4. The summed E-state index contributed by atoms with van der Waals surface area (Å²) in [7, 11) is 0. The SMILES string of the molecule is NC(=O)CC[C@H](NN([C@@H](CC(N)=O)C(=O)O)N(N[C@@H](CC(N)=O)C(=O)O)[C@@H](CCC(N)=O)C(=O)O)C(=O)O. The molecule has 0 spiro atoms. The highest BCUT2D eigenvalue weighted by Crippen LogP contribution is 2.16. The van der Waals surface area contributed by atoms with Crippen LogP contribution < -0.4 is 33.8 Å². The number of hydrazine groups is 3. The van der Waals surface area contributed by atoms with Crippen molar-refractivity contribution >= 4 is 47.5 Å². The molecule has 0 unspecified atom stereocenters. The number of hydrogen-bond donors (Lipinski definition) is 10. The second-order valence-electron chi connectivity index (χ2n) is 7.79. The number of carbonyl (C=O) groups is 8. The Morgan fingerprint density at radius 1 is 0.526 bits per heavy atom. The molecule has 0 saturated heterocycles. The highest BCUT2D eigenvalue weighted by Gasteiger charge is 2.42. The molecule has 0 aliphatic rings. The van der Waals surface area contributed by atoms with Gasteiger partial charge in [-0.2, -0.15) is 0 Å². The number of carboxylic acid groups (broad SMARTS) is 4. The standard InChI is InChI=1S/C18H30N8O12/c19-11(27)3-1-7(15(31)32)23-26(10(18(37)38)6-14(22)30)25(9(17(35)36)2-4-12(20)28)24-8(16(33)34)5-13(21)29/h7-10,23-24H,1-6H2,(H2,19,27)(H2,20,28)(H2,21,29)(H2,22,30)(H,31,32)(H,33,34)(H,35,36)(H,37,38)/t7-,8-,9-,10-/m0/s1. The van der Waals surface area contributed by atoms with Gasteiger partial charge in [0.15, 0.2) is 0 Å². The molecule has 0 aliphatic carbocycles. The summed E-state index contributed by atoms with van der Waals surface area (Å²) in [5, 5.41) is 39.2. The second-order valence-corrected chi connectivity index (χ2v) is 7.79. The Hall–Kier alpha value is -4.40. The van der Waals surface area contributed by atoms with E-state index in [9.17, 15) is 58.8 Å². The molecule has 0 bridgehead atoms. The van der Waals surface area contributed by atoms with Crippen molar-refractivity contribution in [2.45, 2.75) is 62.7 Å². The molecule has 0 aliphatic heterocycles. The van der Waals surface area contributed by atoms with Crippen LogP contribution in [0.3, 0.4) is 0 Å². The fraction of sp³-hybridized carbons (Fsp3) is 0.556. The Morgan fingerprint density at radius 2 is 0.921 bits per heavy atom. The lowest BCUT2D eigenvalue weighted by molar-refractivity contribution is -0.207. The zero-order valence-corrected chi connectivity index (χ0v) is 19.8. The van der Waals surface area contributed by atoms with Gasteiger partial charge in [0.2, 0.25) is 23.6 Å². The lowest BCUT2D eigenvalue weighted by atomic mass is 10.1. The largest absolute Gasteiger partial charge is 0.480 e. The first-order chi connectivity index (χ1) is 17.5. The monoisotopic (exact) mass is 550 g/mol.